The lowest BCUT2D eigenvalue weighted by molar-refractivity contribution is 0.0956. The summed E-state index contributed by atoms with van der Waals surface area (Å²) in [5.74, 6) is 0.282. The average molecular weight is 255 g/mol. The molecule has 96 valence electrons. The van der Waals surface area contributed by atoms with E-state index in [-0.39, 0.29) is 5.91 Å². The molecule has 1 aliphatic rings. The van der Waals surface area contributed by atoms with Crippen molar-refractivity contribution in [3.63, 3.8) is 0 Å². The second kappa shape index (κ2) is 4.69. The predicted octanol–water partition coefficient (Wildman–Crippen LogP) is 1.48. The zero-order valence-corrected chi connectivity index (χ0v) is 10.3. The molecule has 2 heterocycles. The van der Waals surface area contributed by atoms with Crippen molar-refractivity contribution in [1.29, 1.82) is 5.26 Å². The highest BCUT2D eigenvalue weighted by atomic mass is 16.1. The van der Waals surface area contributed by atoms with Crippen molar-refractivity contribution < 1.29 is 4.79 Å². The summed E-state index contributed by atoms with van der Waals surface area (Å²) in [6.45, 7) is 0.345. The van der Waals surface area contributed by atoms with Crippen LogP contribution in [-0.2, 0) is 0 Å². The van der Waals surface area contributed by atoms with Gasteiger partial charge in [-0.1, -0.05) is 0 Å². The Morgan fingerprint density at radius 2 is 2.42 bits per heavy atom. The van der Waals surface area contributed by atoms with Crippen LogP contribution in [0, 0.1) is 11.3 Å². The van der Waals surface area contributed by atoms with Gasteiger partial charge in [0.15, 0.2) is 5.65 Å². The lowest BCUT2D eigenvalue weighted by Gasteiger charge is -2.01. The summed E-state index contributed by atoms with van der Waals surface area (Å²) in [4.78, 5) is 23.7. The number of aromatic amines is 1. The third-order valence-electron chi connectivity index (χ3n) is 3.16. The number of nitrogens with zero attached hydrogens (tertiary/aromatic N) is 3. The molecule has 0 aliphatic heterocycles. The number of hydrogen-bond donors (Lipinski definition) is 2. The smallest absolute Gasteiger partial charge is 0.255 e. The fourth-order valence-corrected chi connectivity index (χ4v) is 1.98. The molecule has 1 saturated carbocycles. The van der Waals surface area contributed by atoms with Crippen LogP contribution in [-0.4, -0.2) is 27.4 Å². The summed E-state index contributed by atoms with van der Waals surface area (Å²) in [5, 5.41) is 11.1. The fraction of sp³-hybridized carbons (Fsp3) is 0.385. The Hall–Kier alpha value is -2.42. The summed E-state index contributed by atoms with van der Waals surface area (Å²) < 4.78 is 0. The van der Waals surface area contributed by atoms with Gasteiger partial charge in [0, 0.05) is 18.7 Å². The van der Waals surface area contributed by atoms with Crippen molar-refractivity contribution in [2.24, 2.45) is 0 Å². The van der Waals surface area contributed by atoms with Gasteiger partial charge >= 0.3 is 0 Å². The molecule has 0 radical (unpaired) electrons. The Kier molecular flexibility index (Phi) is 2.88. The number of nitrogens with one attached hydrogen (secondary N) is 2. The zero-order chi connectivity index (χ0) is 13.2. The lowest BCUT2D eigenvalue weighted by atomic mass is 10.2. The standard InChI is InChI=1S/C13H13N5O/c14-4-1-5-15-13(19)9-6-16-12-11(9)18-10(7-17-12)8-2-3-8/h6-8H,1-3,5H2,(H,15,19)(H,16,17). The first-order valence-corrected chi connectivity index (χ1v) is 6.29. The van der Waals surface area contributed by atoms with E-state index in [2.05, 4.69) is 20.3 Å². The van der Waals surface area contributed by atoms with Gasteiger partial charge in [-0.2, -0.15) is 5.26 Å². The normalized spacial score (nSPS) is 14.3. The van der Waals surface area contributed by atoms with Gasteiger partial charge in [0.05, 0.1) is 29.9 Å². The summed E-state index contributed by atoms with van der Waals surface area (Å²) in [5.41, 5.74) is 2.68. The highest BCUT2D eigenvalue weighted by molar-refractivity contribution is 6.04. The van der Waals surface area contributed by atoms with Gasteiger partial charge in [0.25, 0.3) is 5.91 Å². The number of hydrogen-bond acceptors (Lipinski definition) is 4. The molecule has 0 atom stereocenters. The fourth-order valence-electron chi connectivity index (χ4n) is 1.98. The van der Waals surface area contributed by atoms with Gasteiger partial charge in [0.2, 0.25) is 0 Å². The number of carbonyl (C=O) groups is 1. The zero-order valence-electron chi connectivity index (χ0n) is 10.3. The first kappa shape index (κ1) is 11.7. The van der Waals surface area contributed by atoms with E-state index in [0.717, 1.165) is 18.5 Å². The molecular weight excluding hydrogens is 242 g/mol. The minimum absolute atomic E-state index is 0.219. The molecule has 2 N–H and O–H groups in total. The Balaban J connectivity index is 1.88. The monoisotopic (exact) mass is 255 g/mol. The van der Waals surface area contributed by atoms with Gasteiger partial charge in [-0.25, -0.2) is 9.97 Å². The van der Waals surface area contributed by atoms with Gasteiger partial charge in [0.1, 0.15) is 5.52 Å². The van der Waals surface area contributed by atoms with E-state index < -0.39 is 0 Å². The molecular formula is C13H13N5O. The molecule has 6 heteroatoms. The van der Waals surface area contributed by atoms with E-state index >= 15 is 0 Å². The topological polar surface area (TPSA) is 94.5 Å². The van der Waals surface area contributed by atoms with E-state index in [4.69, 9.17) is 5.26 Å². The second-order valence-electron chi connectivity index (χ2n) is 4.63. The number of nitriles is 1. The maximum Gasteiger partial charge on any atom is 0.255 e. The van der Waals surface area contributed by atoms with E-state index in [1.807, 2.05) is 6.07 Å². The van der Waals surface area contributed by atoms with Crippen molar-refractivity contribution >= 4 is 17.1 Å². The van der Waals surface area contributed by atoms with Crippen LogP contribution in [0.1, 0.15) is 41.2 Å². The molecule has 1 amide bonds. The van der Waals surface area contributed by atoms with Crippen molar-refractivity contribution in [2.45, 2.75) is 25.2 Å². The molecule has 3 rings (SSSR count). The molecule has 0 spiro atoms. The quantitative estimate of drug-likeness (QED) is 0.809. The van der Waals surface area contributed by atoms with Crippen molar-refractivity contribution in [2.75, 3.05) is 6.54 Å². The maximum absolute atomic E-state index is 12.0. The van der Waals surface area contributed by atoms with Gasteiger partial charge in [-0.3, -0.25) is 4.79 Å². The Labute approximate surface area is 109 Å². The molecule has 2 aromatic heterocycles. The minimum atomic E-state index is -0.219. The molecule has 0 bridgehead atoms. The summed E-state index contributed by atoms with van der Waals surface area (Å²) in [6.07, 6.45) is 5.98. The van der Waals surface area contributed by atoms with Crippen molar-refractivity contribution in [3.8, 4) is 6.07 Å². The number of rotatable bonds is 4. The molecule has 1 aliphatic carbocycles. The molecule has 0 saturated heterocycles. The molecule has 0 unspecified atom stereocenters. The Morgan fingerprint density at radius 3 is 3.16 bits per heavy atom. The molecule has 2 aromatic rings. The third-order valence-corrected chi connectivity index (χ3v) is 3.16. The van der Waals surface area contributed by atoms with E-state index in [1.54, 1.807) is 12.4 Å². The number of aromatic nitrogens is 3. The molecule has 6 nitrogen and oxygen atoms in total. The number of H-pyrrole nitrogens is 1. The van der Waals surface area contributed by atoms with Crippen molar-refractivity contribution in [3.05, 3.63) is 23.7 Å². The van der Waals surface area contributed by atoms with Crippen LogP contribution >= 0.6 is 0 Å². The first-order valence-electron chi connectivity index (χ1n) is 6.29. The van der Waals surface area contributed by atoms with Crippen LogP contribution in [0.5, 0.6) is 0 Å². The van der Waals surface area contributed by atoms with Gasteiger partial charge < -0.3 is 10.3 Å². The molecule has 1 fully saturated rings. The predicted molar refractivity (Wildman–Crippen MR) is 68.4 cm³/mol. The van der Waals surface area contributed by atoms with E-state index in [1.165, 1.54) is 0 Å². The second-order valence-corrected chi connectivity index (χ2v) is 4.63. The van der Waals surface area contributed by atoms with Crippen LogP contribution in [0.25, 0.3) is 11.2 Å². The van der Waals surface area contributed by atoms with Crippen LogP contribution in [0.4, 0.5) is 0 Å². The summed E-state index contributed by atoms with van der Waals surface area (Å²) in [6, 6.07) is 1.99. The minimum Gasteiger partial charge on any atom is -0.351 e. The molecule has 19 heavy (non-hydrogen) atoms. The largest absolute Gasteiger partial charge is 0.351 e. The van der Waals surface area contributed by atoms with E-state index in [9.17, 15) is 4.79 Å². The Morgan fingerprint density at radius 1 is 1.58 bits per heavy atom. The highest BCUT2D eigenvalue weighted by Gasteiger charge is 2.26. The SMILES string of the molecule is N#CCCNC(=O)c1c[nH]c2ncc(C3CC3)nc12. The van der Waals surface area contributed by atoms with Gasteiger partial charge in [-0.05, 0) is 12.8 Å². The van der Waals surface area contributed by atoms with Crippen molar-refractivity contribution in [1.82, 2.24) is 20.3 Å². The third kappa shape index (κ3) is 2.27. The maximum atomic E-state index is 12.0. The van der Waals surface area contributed by atoms with Crippen LogP contribution in [0.2, 0.25) is 0 Å². The van der Waals surface area contributed by atoms with Crippen LogP contribution in [0.3, 0.4) is 0 Å². The number of fused-ring (bicyclic) bond motifs is 1. The van der Waals surface area contributed by atoms with Crippen LogP contribution < -0.4 is 5.32 Å². The van der Waals surface area contributed by atoms with E-state index in [0.29, 0.717) is 35.6 Å². The Bertz CT molecular complexity index is 665. The van der Waals surface area contributed by atoms with Gasteiger partial charge in [-0.15, -0.1) is 0 Å². The first-order chi connectivity index (χ1) is 9.29. The average Bonchev–Trinajstić information content (AvgIpc) is 3.18. The summed E-state index contributed by atoms with van der Waals surface area (Å²) in [7, 11) is 0. The number of amides is 1. The summed E-state index contributed by atoms with van der Waals surface area (Å²) >= 11 is 0. The number of carbonyl (C=O) groups excluding carboxylic acids is 1. The highest BCUT2D eigenvalue weighted by Crippen LogP contribution is 2.39. The lowest BCUT2D eigenvalue weighted by Crippen LogP contribution is -2.24. The van der Waals surface area contributed by atoms with Crippen LogP contribution in [0.15, 0.2) is 12.4 Å². The molecule has 0 aromatic carbocycles.